The minimum absolute atomic E-state index is 0.00935. The van der Waals surface area contributed by atoms with Gasteiger partial charge in [0, 0.05) is 12.5 Å². The zero-order valence-corrected chi connectivity index (χ0v) is 14.4. The molecule has 0 aliphatic carbocycles. The Morgan fingerprint density at radius 3 is 2.28 bits per heavy atom. The van der Waals surface area contributed by atoms with Crippen LogP contribution in [0.4, 0.5) is 0 Å². The smallest absolute Gasteiger partial charge is 0.351 e. The van der Waals surface area contributed by atoms with E-state index >= 15 is 0 Å². The van der Waals surface area contributed by atoms with Gasteiger partial charge in [-0.15, -0.1) is 0 Å². The van der Waals surface area contributed by atoms with Gasteiger partial charge in [0.05, 0.1) is 7.11 Å². The Kier molecular flexibility index (Phi) is 5.76. The van der Waals surface area contributed by atoms with E-state index in [4.69, 9.17) is 8.92 Å². The van der Waals surface area contributed by atoms with E-state index in [1.165, 1.54) is 36.4 Å². The van der Waals surface area contributed by atoms with Crippen LogP contribution < -0.4 is 4.18 Å². The van der Waals surface area contributed by atoms with Crippen molar-refractivity contribution < 1.29 is 31.7 Å². The van der Waals surface area contributed by atoms with Crippen LogP contribution >= 0.6 is 0 Å². The number of rotatable bonds is 6. The molecule has 1 unspecified atom stereocenters. The number of carbonyl (C=O) groups excluding carboxylic acids is 2. The summed E-state index contributed by atoms with van der Waals surface area (Å²) in [5.74, 6) is -1.50. The Hall–Kier alpha value is -2.87. The van der Waals surface area contributed by atoms with Crippen LogP contribution in [0.1, 0.15) is 18.6 Å². The Labute approximate surface area is 145 Å². The van der Waals surface area contributed by atoms with E-state index in [1.54, 1.807) is 18.2 Å². The average molecular weight is 364 g/mol. The Bertz CT molecular complexity index is 860. The predicted molar refractivity (Wildman–Crippen MR) is 87.2 cm³/mol. The second-order valence-corrected chi connectivity index (χ2v) is 6.48. The first-order chi connectivity index (χ1) is 11.8. The van der Waals surface area contributed by atoms with Gasteiger partial charge >= 0.3 is 22.1 Å². The molecule has 7 nitrogen and oxygen atoms in total. The van der Waals surface area contributed by atoms with Crippen LogP contribution in [0.2, 0.25) is 0 Å². The average Bonchev–Trinajstić information content (AvgIpc) is 2.59. The van der Waals surface area contributed by atoms with Crippen molar-refractivity contribution in [3.05, 3.63) is 60.2 Å². The molecule has 0 bridgehead atoms. The second kappa shape index (κ2) is 7.80. The third kappa shape index (κ3) is 4.80. The fraction of sp³-hybridized carbons (Fsp3) is 0.176. The van der Waals surface area contributed by atoms with Crippen LogP contribution in [0.15, 0.2) is 59.5 Å². The highest BCUT2D eigenvalue weighted by atomic mass is 32.2. The van der Waals surface area contributed by atoms with Crippen LogP contribution in [-0.2, 0) is 29.2 Å². The molecule has 0 aliphatic heterocycles. The predicted octanol–water partition coefficient (Wildman–Crippen LogP) is 2.23. The van der Waals surface area contributed by atoms with Gasteiger partial charge in [-0.1, -0.05) is 30.3 Å². The Balaban J connectivity index is 2.31. The van der Waals surface area contributed by atoms with Gasteiger partial charge in [-0.25, -0.2) is 4.79 Å². The highest BCUT2D eigenvalue weighted by Crippen LogP contribution is 2.25. The first-order valence-corrected chi connectivity index (χ1v) is 8.59. The molecular formula is C17H16O7S. The molecule has 0 fully saturated rings. The highest BCUT2D eigenvalue weighted by molar-refractivity contribution is 7.87. The molecule has 0 spiro atoms. The number of ether oxygens (including phenoxy) is 2. The summed E-state index contributed by atoms with van der Waals surface area (Å²) < 4.78 is 39.1. The zero-order chi connectivity index (χ0) is 18.4. The van der Waals surface area contributed by atoms with E-state index in [2.05, 4.69) is 4.74 Å². The van der Waals surface area contributed by atoms with E-state index in [0.717, 1.165) is 14.0 Å². The molecule has 0 heterocycles. The minimum Gasteiger partial charge on any atom is -0.466 e. The normalized spacial score (nSPS) is 12.1. The molecule has 1 atom stereocenters. The molecule has 0 amide bonds. The molecule has 0 saturated heterocycles. The van der Waals surface area contributed by atoms with Gasteiger partial charge in [0.2, 0.25) is 6.10 Å². The van der Waals surface area contributed by atoms with Crippen LogP contribution in [0.5, 0.6) is 5.75 Å². The van der Waals surface area contributed by atoms with Gasteiger partial charge in [0.25, 0.3) is 0 Å². The molecule has 8 heteroatoms. The number of hydrogen-bond donors (Lipinski definition) is 0. The molecule has 0 N–H and O–H groups in total. The maximum absolute atomic E-state index is 12.3. The molecule has 0 radical (unpaired) electrons. The zero-order valence-electron chi connectivity index (χ0n) is 13.5. The summed E-state index contributed by atoms with van der Waals surface area (Å²) in [5, 5.41) is 0. The lowest BCUT2D eigenvalue weighted by Gasteiger charge is -2.16. The van der Waals surface area contributed by atoms with Crippen molar-refractivity contribution in [3.63, 3.8) is 0 Å². The number of benzene rings is 2. The molecule has 0 aliphatic rings. The third-order valence-electron chi connectivity index (χ3n) is 3.10. The summed E-state index contributed by atoms with van der Waals surface area (Å²) in [6.07, 6.45) is -1.31. The molecule has 25 heavy (non-hydrogen) atoms. The fourth-order valence-electron chi connectivity index (χ4n) is 2.02. The molecule has 2 rings (SSSR count). The lowest BCUT2D eigenvalue weighted by atomic mass is 10.1. The monoisotopic (exact) mass is 364 g/mol. The first-order valence-electron chi connectivity index (χ1n) is 7.18. The second-order valence-electron chi connectivity index (χ2n) is 4.94. The van der Waals surface area contributed by atoms with Gasteiger partial charge in [0.15, 0.2) is 0 Å². The quantitative estimate of drug-likeness (QED) is 0.573. The van der Waals surface area contributed by atoms with Crippen LogP contribution in [0.25, 0.3) is 0 Å². The molecule has 2 aromatic carbocycles. The topological polar surface area (TPSA) is 96.0 Å². The largest absolute Gasteiger partial charge is 0.466 e. The maximum atomic E-state index is 12.3. The van der Waals surface area contributed by atoms with Crippen molar-refractivity contribution in [2.75, 3.05) is 7.11 Å². The van der Waals surface area contributed by atoms with Gasteiger partial charge in [-0.2, -0.15) is 8.42 Å². The van der Waals surface area contributed by atoms with E-state index in [9.17, 15) is 18.0 Å². The summed E-state index contributed by atoms with van der Waals surface area (Å²) in [6.45, 7) is 1.15. The van der Waals surface area contributed by atoms with Gasteiger partial charge < -0.3 is 13.7 Å². The van der Waals surface area contributed by atoms with Crippen molar-refractivity contribution in [3.8, 4) is 5.75 Å². The fourth-order valence-corrected chi connectivity index (χ4v) is 2.96. The lowest BCUT2D eigenvalue weighted by molar-refractivity contribution is -0.165. The summed E-state index contributed by atoms with van der Waals surface area (Å²) in [4.78, 5) is 23.0. The van der Waals surface area contributed by atoms with E-state index < -0.39 is 28.2 Å². The van der Waals surface area contributed by atoms with Gasteiger partial charge in [-0.3, -0.25) is 4.79 Å². The lowest BCUT2D eigenvalue weighted by Crippen LogP contribution is -2.20. The van der Waals surface area contributed by atoms with Crippen molar-refractivity contribution in [2.45, 2.75) is 17.9 Å². The van der Waals surface area contributed by atoms with Crippen molar-refractivity contribution in [2.24, 2.45) is 0 Å². The van der Waals surface area contributed by atoms with E-state index in [1.807, 2.05) is 0 Å². The number of esters is 2. The number of hydrogen-bond acceptors (Lipinski definition) is 7. The van der Waals surface area contributed by atoms with Gasteiger partial charge in [-0.05, 0) is 24.3 Å². The van der Waals surface area contributed by atoms with E-state index in [0.29, 0.717) is 0 Å². The molecule has 132 valence electrons. The Morgan fingerprint density at radius 1 is 1.00 bits per heavy atom. The molecular weight excluding hydrogens is 348 g/mol. The van der Waals surface area contributed by atoms with Crippen LogP contribution in [-0.4, -0.2) is 27.5 Å². The van der Waals surface area contributed by atoms with Crippen LogP contribution in [0.3, 0.4) is 0 Å². The molecule has 0 saturated carbocycles. The highest BCUT2D eigenvalue weighted by Gasteiger charge is 2.26. The minimum atomic E-state index is -4.03. The van der Waals surface area contributed by atoms with Gasteiger partial charge in [0.1, 0.15) is 10.6 Å². The first kappa shape index (κ1) is 18.5. The van der Waals surface area contributed by atoms with Crippen molar-refractivity contribution >= 4 is 22.1 Å². The standard InChI is InChI=1S/C17H16O7S/c1-12(18)23-16(17(19)22-2)13-7-6-8-14(11-13)24-25(20,21)15-9-4-3-5-10-15/h3-11,16H,1-2H3. The summed E-state index contributed by atoms with van der Waals surface area (Å²) in [6, 6.07) is 13.3. The van der Waals surface area contributed by atoms with Crippen molar-refractivity contribution in [1.82, 2.24) is 0 Å². The third-order valence-corrected chi connectivity index (χ3v) is 4.36. The summed E-state index contributed by atoms with van der Waals surface area (Å²) in [5.41, 5.74) is 0.225. The molecule has 0 aromatic heterocycles. The van der Waals surface area contributed by atoms with Crippen LogP contribution in [0, 0.1) is 0 Å². The summed E-state index contributed by atoms with van der Waals surface area (Å²) in [7, 11) is -2.88. The maximum Gasteiger partial charge on any atom is 0.351 e. The summed E-state index contributed by atoms with van der Waals surface area (Å²) >= 11 is 0. The SMILES string of the molecule is COC(=O)C(OC(C)=O)c1cccc(OS(=O)(=O)c2ccccc2)c1. The van der Waals surface area contributed by atoms with Crippen molar-refractivity contribution in [1.29, 1.82) is 0 Å². The molecule has 2 aromatic rings. The number of methoxy groups -OCH3 is 1. The number of carbonyl (C=O) groups is 2. The Morgan fingerprint density at radius 2 is 1.68 bits per heavy atom. The van der Waals surface area contributed by atoms with E-state index in [-0.39, 0.29) is 16.2 Å².